The van der Waals surface area contributed by atoms with Crippen molar-refractivity contribution in [1.82, 2.24) is 19.9 Å². The van der Waals surface area contributed by atoms with Gasteiger partial charge in [-0.15, -0.1) is 27.8 Å². The predicted molar refractivity (Wildman–Crippen MR) is 117 cm³/mol. The lowest BCUT2D eigenvalue weighted by atomic mass is 10.3. The fourth-order valence-corrected chi connectivity index (χ4v) is 4.29. The van der Waals surface area contributed by atoms with Gasteiger partial charge in [0.15, 0.2) is 5.82 Å². The molecule has 4 rings (SSSR count). The molecule has 10 heteroatoms. The number of thiophene rings is 1. The molecule has 0 saturated heterocycles. The van der Waals surface area contributed by atoms with Crippen molar-refractivity contribution in [3.05, 3.63) is 52.9 Å². The number of hydrogen-bond donors (Lipinski definition) is 2. The normalized spacial score (nSPS) is 10.8. The van der Waals surface area contributed by atoms with Crippen molar-refractivity contribution in [1.29, 1.82) is 0 Å². The van der Waals surface area contributed by atoms with E-state index in [-0.39, 0.29) is 0 Å². The zero-order chi connectivity index (χ0) is 20.9. The lowest BCUT2D eigenvalue weighted by Gasteiger charge is -2.07. The van der Waals surface area contributed by atoms with Crippen LogP contribution in [0.1, 0.15) is 12.6 Å². The molecule has 8 nitrogen and oxygen atoms in total. The molecule has 0 bridgehead atoms. The van der Waals surface area contributed by atoms with Crippen LogP contribution in [0.4, 0.5) is 5.69 Å². The molecule has 1 aromatic carbocycles. The summed E-state index contributed by atoms with van der Waals surface area (Å²) >= 11 is 3.08. The fraction of sp³-hybridized carbons (Fsp3) is 0.200. The summed E-state index contributed by atoms with van der Waals surface area (Å²) in [6.45, 7) is 2.77. The van der Waals surface area contributed by atoms with Crippen LogP contribution in [0.3, 0.4) is 0 Å². The summed E-state index contributed by atoms with van der Waals surface area (Å²) in [5, 5.41) is 13.7. The van der Waals surface area contributed by atoms with Crippen LogP contribution in [-0.2, 0) is 16.0 Å². The molecule has 4 aromatic rings. The molecule has 0 fully saturated rings. The minimum absolute atomic E-state index is 0.315. The number of fused-ring (bicyclic) bond motifs is 1. The molecular formula is C20H19N5O3S2. The summed E-state index contributed by atoms with van der Waals surface area (Å²) in [5.74, 6) is -0.00201. The highest BCUT2D eigenvalue weighted by molar-refractivity contribution is 7.15. The van der Waals surface area contributed by atoms with Crippen molar-refractivity contribution in [2.45, 2.75) is 13.3 Å². The number of rotatable bonds is 7. The lowest BCUT2D eigenvalue weighted by molar-refractivity contribution is -0.136. The molecule has 2 amide bonds. The first kappa shape index (κ1) is 20.0. The maximum atomic E-state index is 12.1. The number of benzene rings is 1. The Hall–Kier alpha value is -3.24. The van der Waals surface area contributed by atoms with E-state index in [9.17, 15) is 9.59 Å². The molecule has 2 N–H and O–H groups in total. The summed E-state index contributed by atoms with van der Waals surface area (Å²) in [4.78, 5) is 30.5. The van der Waals surface area contributed by atoms with Gasteiger partial charge in [0.05, 0.1) is 17.2 Å². The van der Waals surface area contributed by atoms with Gasteiger partial charge < -0.3 is 15.4 Å². The van der Waals surface area contributed by atoms with E-state index in [4.69, 9.17) is 4.74 Å². The number of nitrogens with one attached hydrogen (secondary N) is 2. The van der Waals surface area contributed by atoms with Gasteiger partial charge in [0.1, 0.15) is 5.75 Å². The van der Waals surface area contributed by atoms with Gasteiger partial charge in [-0.2, -0.15) is 4.98 Å². The first-order valence-electron chi connectivity index (χ1n) is 9.33. The Morgan fingerprint density at radius 3 is 2.70 bits per heavy atom. The van der Waals surface area contributed by atoms with E-state index in [1.54, 1.807) is 40.1 Å². The maximum Gasteiger partial charge on any atom is 0.313 e. The van der Waals surface area contributed by atoms with Crippen LogP contribution in [0, 0.1) is 0 Å². The number of thiazole rings is 1. The molecular weight excluding hydrogens is 422 g/mol. The quantitative estimate of drug-likeness (QED) is 0.429. The first-order chi connectivity index (χ1) is 14.6. The van der Waals surface area contributed by atoms with E-state index < -0.39 is 11.8 Å². The number of nitrogens with zero attached hydrogens (tertiary/aromatic N) is 3. The molecule has 0 saturated carbocycles. The summed E-state index contributed by atoms with van der Waals surface area (Å²) in [5.41, 5.74) is 1.46. The van der Waals surface area contributed by atoms with E-state index >= 15 is 0 Å². The molecule has 30 heavy (non-hydrogen) atoms. The summed E-state index contributed by atoms with van der Waals surface area (Å²) in [6.07, 6.45) is 0.537. The Balaban J connectivity index is 1.30. The van der Waals surface area contributed by atoms with Crippen LogP contribution in [0.15, 0.2) is 47.2 Å². The van der Waals surface area contributed by atoms with Gasteiger partial charge >= 0.3 is 11.8 Å². The highest BCUT2D eigenvalue weighted by Gasteiger charge is 2.15. The number of hydrogen-bond acceptors (Lipinski definition) is 7. The van der Waals surface area contributed by atoms with Crippen molar-refractivity contribution >= 4 is 45.1 Å². The summed E-state index contributed by atoms with van der Waals surface area (Å²) in [7, 11) is 0. The van der Waals surface area contributed by atoms with E-state index in [0.29, 0.717) is 36.8 Å². The van der Waals surface area contributed by atoms with Gasteiger partial charge in [0.25, 0.3) is 0 Å². The largest absolute Gasteiger partial charge is 0.494 e. The fourth-order valence-electron chi connectivity index (χ4n) is 2.78. The number of carbonyl (C=O) groups is 2. The number of ether oxygens (including phenoxy) is 1. The molecule has 3 heterocycles. The number of amides is 2. The molecule has 0 atom stereocenters. The second-order valence-electron chi connectivity index (χ2n) is 6.25. The van der Waals surface area contributed by atoms with Crippen molar-refractivity contribution in [2.24, 2.45) is 0 Å². The minimum atomic E-state index is -0.713. The van der Waals surface area contributed by atoms with Crippen molar-refractivity contribution in [3.63, 3.8) is 0 Å². The van der Waals surface area contributed by atoms with Gasteiger partial charge in [-0.1, -0.05) is 6.07 Å². The molecule has 0 spiro atoms. The Kier molecular flexibility index (Phi) is 6.05. The molecule has 0 radical (unpaired) electrons. The van der Waals surface area contributed by atoms with Crippen molar-refractivity contribution < 1.29 is 14.3 Å². The van der Waals surface area contributed by atoms with E-state index in [0.717, 1.165) is 15.5 Å². The molecule has 0 aliphatic heterocycles. The van der Waals surface area contributed by atoms with Crippen LogP contribution in [0.5, 0.6) is 5.75 Å². The Morgan fingerprint density at radius 2 is 1.97 bits per heavy atom. The highest BCUT2D eigenvalue weighted by atomic mass is 32.1. The second-order valence-corrected chi connectivity index (χ2v) is 8.04. The molecule has 154 valence electrons. The molecule has 3 aromatic heterocycles. The standard InChI is InChI=1S/C20H19N5O3S2/c1-2-28-15-7-5-13(6-8-15)22-19(27)18(26)21-10-9-14-12-30-20-23-17(24-25(14)20)16-4-3-11-29-16/h3-8,11-12H,2,9-10H2,1H3,(H,21,26)(H,22,27). The van der Waals surface area contributed by atoms with Crippen LogP contribution in [0.25, 0.3) is 15.7 Å². The average Bonchev–Trinajstić information content (AvgIpc) is 3.47. The van der Waals surface area contributed by atoms with Crippen LogP contribution >= 0.6 is 22.7 Å². The van der Waals surface area contributed by atoms with Crippen molar-refractivity contribution in [2.75, 3.05) is 18.5 Å². The number of aromatic nitrogens is 3. The minimum Gasteiger partial charge on any atom is -0.494 e. The van der Waals surface area contributed by atoms with Crippen LogP contribution in [-0.4, -0.2) is 39.6 Å². The van der Waals surface area contributed by atoms with Gasteiger partial charge in [-0.25, -0.2) is 4.52 Å². The first-order valence-corrected chi connectivity index (χ1v) is 11.1. The Bertz CT molecular complexity index is 1150. The maximum absolute atomic E-state index is 12.1. The third-order valence-electron chi connectivity index (χ3n) is 4.19. The average molecular weight is 442 g/mol. The second kappa shape index (κ2) is 9.06. The zero-order valence-electron chi connectivity index (χ0n) is 16.1. The number of anilines is 1. The topological polar surface area (TPSA) is 97.6 Å². The SMILES string of the molecule is CCOc1ccc(NC(=O)C(=O)NCCc2csc3nc(-c4cccs4)nn23)cc1. The monoisotopic (exact) mass is 441 g/mol. The van der Waals surface area contributed by atoms with E-state index in [1.807, 2.05) is 29.8 Å². The van der Waals surface area contributed by atoms with E-state index in [1.165, 1.54) is 11.3 Å². The van der Waals surface area contributed by atoms with Gasteiger partial charge in [-0.3, -0.25) is 9.59 Å². The van der Waals surface area contributed by atoms with E-state index in [2.05, 4.69) is 20.7 Å². The van der Waals surface area contributed by atoms with Crippen LogP contribution in [0.2, 0.25) is 0 Å². The Labute approximate surface area is 180 Å². The highest BCUT2D eigenvalue weighted by Crippen LogP contribution is 2.24. The zero-order valence-corrected chi connectivity index (χ0v) is 17.8. The van der Waals surface area contributed by atoms with Crippen LogP contribution < -0.4 is 15.4 Å². The molecule has 0 aliphatic carbocycles. The van der Waals surface area contributed by atoms with Gasteiger partial charge in [0, 0.05) is 24.0 Å². The lowest BCUT2D eigenvalue weighted by Crippen LogP contribution is -2.36. The summed E-state index contributed by atoms with van der Waals surface area (Å²) in [6, 6.07) is 10.8. The molecule has 0 aliphatic rings. The Morgan fingerprint density at radius 1 is 1.13 bits per heavy atom. The smallest absolute Gasteiger partial charge is 0.313 e. The van der Waals surface area contributed by atoms with Gasteiger partial charge in [-0.05, 0) is 42.6 Å². The third kappa shape index (κ3) is 4.50. The predicted octanol–water partition coefficient (Wildman–Crippen LogP) is 3.22. The number of carbonyl (C=O) groups excluding carboxylic acids is 2. The van der Waals surface area contributed by atoms with Crippen molar-refractivity contribution in [3.8, 4) is 16.5 Å². The third-order valence-corrected chi connectivity index (χ3v) is 5.92. The molecule has 0 unspecified atom stereocenters. The van der Waals surface area contributed by atoms with Gasteiger partial charge in [0.2, 0.25) is 4.96 Å². The summed E-state index contributed by atoms with van der Waals surface area (Å²) < 4.78 is 7.14.